The molecule has 0 aromatic carbocycles. The molecule has 1 N–H and O–H groups in total. The van der Waals surface area contributed by atoms with Crippen LogP contribution in [0.1, 0.15) is 24.6 Å². The largest absolute Gasteiger partial charge is 0.303 e. The van der Waals surface area contributed by atoms with Gasteiger partial charge in [0.15, 0.2) is 0 Å². The number of aryl methyl sites for hydroxylation is 1. The Hall–Kier alpha value is -1.44. The molecule has 3 rings (SSSR count). The Labute approximate surface area is 131 Å². The second-order valence-corrected chi connectivity index (χ2v) is 7.92. The van der Waals surface area contributed by atoms with Gasteiger partial charge < -0.3 is 4.40 Å². The molecule has 2 aromatic rings. The Bertz CT molecular complexity index is 769. The molecule has 1 aliphatic rings. The van der Waals surface area contributed by atoms with Crippen LogP contribution in [0.25, 0.3) is 5.65 Å². The Morgan fingerprint density at radius 2 is 2.27 bits per heavy atom. The number of aromatic nitrogens is 2. The van der Waals surface area contributed by atoms with E-state index in [1.807, 2.05) is 32.3 Å². The highest BCUT2D eigenvalue weighted by Crippen LogP contribution is 2.19. The first kappa shape index (κ1) is 15.5. The van der Waals surface area contributed by atoms with Crippen molar-refractivity contribution in [1.29, 1.82) is 0 Å². The summed E-state index contributed by atoms with van der Waals surface area (Å²) in [6, 6.07) is 4.10. The van der Waals surface area contributed by atoms with Crippen LogP contribution in [-0.4, -0.2) is 47.6 Å². The van der Waals surface area contributed by atoms with E-state index in [1.165, 1.54) is 5.56 Å². The van der Waals surface area contributed by atoms with Gasteiger partial charge in [-0.1, -0.05) is 6.92 Å². The van der Waals surface area contributed by atoms with E-state index in [9.17, 15) is 8.42 Å². The summed E-state index contributed by atoms with van der Waals surface area (Å²) in [5, 5.41) is -0.311. The first-order chi connectivity index (χ1) is 10.5. The van der Waals surface area contributed by atoms with Crippen molar-refractivity contribution in [2.24, 2.45) is 0 Å². The molecule has 6 nitrogen and oxygen atoms in total. The number of likely N-dealkylation sites (tertiary alicyclic amines) is 1. The van der Waals surface area contributed by atoms with Crippen LogP contribution in [-0.2, 0) is 16.6 Å². The molecule has 0 saturated carbocycles. The second kappa shape index (κ2) is 5.98. The number of hydrogen-bond acceptors (Lipinski definition) is 4. The van der Waals surface area contributed by atoms with Crippen LogP contribution in [0.5, 0.6) is 0 Å². The fourth-order valence-electron chi connectivity index (χ4n) is 2.99. The number of pyridine rings is 1. The van der Waals surface area contributed by atoms with Crippen molar-refractivity contribution in [3.05, 3.63) is 35.8 Å². The molecule has 0 bridgehead atoms. The minimum absolute atomic E-state index is 0.311. The Morgan fingerprint density at radius 3 is 3.05 bits per heavy atom. The summed E-state index contributed by atoms with van der Waals surface area (Å²) >= 11 is 0. The van der Waals surface area contributed by atoms with Gasteiger partial charge in [-0.05, 0) is 37.6 Å². The zero-order valence-corrected chi connectivity index (χ0v) is 13.8. The molecule has 1 saturated heterocycles. The van der Waals surface area contributed by atoms with Crippen LogP contribution in [0.4, 0.5) is 0 Å². The van der Waals surface area contributed by atoms with Crippen LogP contribution < -0.4 is 4.72 Å². The number of sulfonamides is 1. The SMILES string of the molecule is CCNS(=O)(=O)C1CCN(Cc2cnc3cc(C)ccn23)C1. The van der Waals surface area contributed by atoms with Crippen molar-refractivity contribution in [3.63, 3.8) is 0 Å². The molecule has 1 unspecified atom stereocenters. The molecule has 0 amide bonds. The summed E-state index contributed by atoms with van der Waals surface area (Å²) in [5.41, 5.74) is 3.21. The van der Waals surface area contributed by atoms with Gasteiger partial charge in [0.1, 0.15) is 5.65 Å². The van der Waals surface area contributed by atoms with E-state index in [-0.39, 0.29) is 5.25 Å². The van der Waals surface area contributed by atoms with Gasteiger partial charge in [-0.2, -0.15) is 0 Å². The number of rotatable bonds is 5. The number of fused-ring (bicyclic) bond motifs is 1. The third kappa shape index (κ3) is 3.02. The van der Waals surface area contributed by atoms with E-state index in [2.05, 4.69) is 25.1 Å². The van der Waals surface area contributed by atoms with Gasteiger partial charge in [-0.15, -0.1) is 0 Å². The lowest BCUT2D eigenvalue weighted by atomic mass is 10.3. The molecular formula is C15H22N4O2S. The quantitative estimate of drug-likeness (QED) is 0.897. The minimum atomic E-state index is -3.18. The van der Waals surface area contributed by atoms with Gasteiger partial charge in [0, 0.05) is 25.8 Å². The third-order valence-corrected chi connectivity index (χ3v) is 6.10. The topological polar surface area (TPSA) is 66.7 Å². The number of nitrogens with one attached hydrogen (secondary N) is 1. The van der Waals surface area contributed by atoms with Crippen LogP contribution >= 0.6 is 0 Å². The lowest BCUT2D eigenvalue weighted by molar-refractivity contribution is 0.326. The molecular weight excluding hydrogens is 300 g/mol. The van der Waals surface area contributed by atoms with E-state index in [0.29, 0.717) is 19.5 Å². The molecule has 1 atom stereocenters. The fraction of sp³-hybridized carbons (Fsp3) is 0.533. The maximum atomic E-state index is 12.1. The smallest absolute Gasteiger partial charge is 0.215 e. The summed E-state index contributed by atoms with van der Waals surface area (Å²) in [6.45, 7) is 6.41. The number of hydrogen-bond donors (Lipinski definition) is 1. The van der Waals surface area contributed by atoms with Crippen LogP contribution in [0.3, 0.4) is 0 Å². The predicted molar refractivity (Wildman–Crippen MR) is 86.2 cm³/mol. The van der Waals surface area contributed by atoms with Crippen molar-refractivity contribution >= 4 is 15.7 Å². The van der Waals surface area contributed by atoms with Crippen molar-refractivity contribution in [2.45, 2.75) is 32.1 Å². The van der Waals surface area contributed by atoms with Gasteiger partial charge in [0.2, 0.25) is 10.0 Å². The summed E-state index contributed by atoms with van der Waals surface area (Å²) in [6.07, 6.45) is 4.59. The summed E-state index contributed by atoms with van der Waals surface area (Å²) < 4.78 is 28.8. The zero-order chi connectivity index (χ0) is 15.7. The highest BCUT2D eigenvalue weighted by molar-refractivity contribution is 7.90. The Morgan fingerprint density at radius 1 is 1.45 bits per heavy atom. The van der Waals surface area contributed by atoms with E-state index in [1.54, 1.807) is 0 Å². The molecule has 0 radical (unpaired) electrons. The average Bonchev–Trinajstić information content (AvgIpc) is 3.07. The van der Waals surface area contributed by atoms with Crippen molar-refractivity contribution in [2.75, 3.05) is 19.6 Å². The van der Waals surface area contributed by atoms with E-state index >= 15 is 0 Å². The van der Waals surface area contributed by atoms with Crippen LogP contribution in [0, 0.1) is 6.92 Å². The summed E-state index contributed by atoms with van der Waals surface area (Å²) in [5.74, 6) is 0. The molecule has 22 heavy (non-hydrogen) atoms. The lowest BCUT2D eigenvalue weighted by Crippen LogP contribution is -2.36. The number of imidazole rings is 1. The summed E-state index contributed by atoms with van der Waals surface area (Å²) in [4.78, 5) is 6.61. The average molecular weight is 322 g/mol. The summed E-state index contributed by atoms with van der Waals surface area (Å²) in [7, 11) is -3.18. The van der Waals surface area contributed by atoms with Gasteiger partial charge in [-0.25, -0.2) is 18.1 Å². The third-order valence-electron chi connectivity index (χ3n) is 4.14. The maximum absolute atomic E-state index is 12.1. The van der Waals surface area contributed by atoms with E-state index < -0.39 is 10.0 Å². The zero-order valence-electron chi connectivity index (χ0n) is 13.0. The number of nitrogens with zero attached hydrogens (tertiary/aromatic N) is 3. The van der Waals surface area contributed by atoms with Crippen molar-refractivity contribution < 1.29 is 8.42 Å². The van der Waals surface area contributed by atoms with Gasteiger partial charge in [0.25, 0.3) is 0 Å². The molecule has 120 valence electrons. The molecule has 0 aliphatic carbocycles. The predicted octanol–water partition coefficient (Wildman–Crippen LogP) is 1.16. The monoisotopic (exact) mass is 322 g/mol. The Balaban J connectivity index is 1.72. The first-order valence-corrected chi connectivity index (χ1v) is 9.17. The Kier molecular flexibility index (Phi) is 4.20. The molecule has 1 aliphatic heterocycles. The standard InChI is InChI=1S/C15H22N4O2S/c1-3-17-22(20,21)14-5-6-18(11-14)10-13-9-16-15-8-12(2)4-7-19(13)15/h4,7-9,14,17H,3,5-6,10-11H2,1-2H3. The van der Waals surface area contributed by atoms with Crippen molar-refractivity contribution in [3.8, 4) is 0 Å². The molecule has 0 spiro atoms. The molecule has 2 aromatic heterocycles. The molecule has 1 fully saturated rings. The van der Waals surface area contributed by atoms with E-state index in [4.69, 9.17) is 0 Å². The van der Waals surface area contributed by atoms with Gasteiger partial charge >= 0.3 is 0 Å². The van der Waals surface area contributed by atoms with E-state index in [0.717, 1.165) is 24.4 Å². The van der Waals surface area contributed by atoms with Crippen LogP contribution in [0.15, 0.2) is 24.5 Å². The van der Waals surface area contributed by atoms with Gasteiger partial charge in [0.05, 0.1) is 17.1 Å². The highest BCUT2D eigenvalue weighted by Gasteiger charge is 2.32. The lowest BCUT2D eigenvalue weighted by Gasteiger charge is -2.16. The minimum Gasteiger partial charge on any atom is -0.303 e. The highest BCUT2D eigenvalue weighted by atomic mass is 32.2. The normalized spacial score (nSPS) is 20.0. The van der Waals surface area contributed by atoms with Crippen molar-refractivity contribution in [1.82, 2.24) is 19.0 Å². The fourth-order valence-corrected chi connectivity index (χ4v) is 4.45. The molecule has 7 heteroatoms. The van der Waals surface area contributed by atoms with Gasteiger partial charge in [-0.3, -0.25) is 4.90 Å². The second-order valence-electron chi connectivity index (χ2n) is 5.87. The first-order valence-electron chi connectivity index (χ1n) is 7.63. The van der Waals surface area contributed by atoms with Crippen LogP contribution in [0.2, 0.25) is 0 Å². The maximum Gasteiger partial charge on any atom is 0.215 e. The molecule has 3 heterocycles.